The van der Waals surface area contributed by atoms with Crippen molar-refractivity contribution in [3.63, 3.8) is 0 Å². The summed E-state index contributed by atoms with van der Waals surface area (Å²) < 4.78 is 2.29. The minimum Gasteiger partial charge on any atom is -0.347 e. The first-order valence-electron chi connectivity index (χ1n) is 5.76. The summed E-state index contributed by atoms with van der Waals surface area (Å²) in [7, 11) is 0. The number of aromatic amines is 1. The summed E-state index contributed by atoms with van der Waals surface area (Å²) in [6.07, 6.45) is 9.41. The minimum atomic E-state index is 0.231. The average molecular weight is 216 g/mol. The maximum atomic E-state index is 6.10. The maximum absolute atomic E-state index is 6.10. The largest absolute Gasteiger partial charge is 0.347 e. The van der Waals surface area contributed by atoms with Gasteiger partial charge in [0.2, 0.25) is 0 Å². The van der Waals surface area contributed by atoms with Crippen LogP contribution < -0.4 is 5.73 Å². The van der Waals surface area contributed by atoms with E-state index in [2.05, 4.69) is 27.0 Å². The van der Waals surface area contributed by atoms with Crippen LogP contribution in [0.2, 0.25) is 0 Å². The van der Waals surface area contributed by atoms with Gasteiger partial charge in [0.1, 0.15) is 0 Å². The molecule has 2 aromatic rings. The molecule has 0 bridgehead atoms. The third-order valence-corrected chi connectivity index (χ3v) is 3.35. The topological polar surface area (TPSA) is 59.6 Å². The monoisotopic (exact) mass is 216 g/mol. The number of H-pyrrole nitrogens is 1. The first kappa shape index (κ1) is 9.66. The van der Waals surface area contributed by atoms with Crippen LogP contribution in [0.4, 0.5) is 0 Å². The van der Waals surface area contributed by atoms with E-state index in [1.807, 2.05) is 12.4 Å². The zero-order valence-corrected chi connectivity index (χ0v) is 9.19. The molecule has 0 aliphatic heterocycles. The normalized spacial score (nSPS) is 19.7. The number of nitrogens with two attached hydrogens (primary N) is 1. The zero-order valence-electron chi connectivity index (χ0n) is 9.19. The number of aromatic nitrogens is 3. The molecule has 0 amide bonds. The van der Waals surface area contributed by atoms with Crippen molar-refractivity contribution in [2.75, 3.05) is 0 Å². The second-order valence-electron chi connectivity index (χ2n) is 4.45. The van der Waals surface area contributed by atoms with Crippen molar-refractivity contribution in [2.24, 2.45) is 5.73 Å². The van der Waals surface area contributed by atoms with Crippen molar-refractivity contribution in [3.8, 4) is 0 Å². The molecule has 0 spiro atoms. The molecule has 3 rings (SSSR count). The molecule has 1 aliphatic carbocycles. The Labute approximate surface area is 94.5 Å². The van der Waals surface area contributed by atoms with Crippen molar-refractivity contribution in [2.45, 2.75) is 31.8 Å². The van der Waals surface area contributed by atoms with Crippen molar-refractivity contribution >= 4 is 0 Å². The van der Waals surface area contributed by atoms with Gasteiger partial charge in [-0.15, -0.1) is 0 Å². The Morgan fingerprint density at radius 1 is 1.56 bits per heavy atom. The number of rotatable bonds is 2. The van der Waals surface area contributed by atoms with Crippen LogP contribution >= 0.6 is 0 Å². The van der Waals surface area contributed by atoms with Gasteiger partial charge >= 0.3 is 0 Å². The SMILES string of the molecule is NC1CCCc2c1ccn2Cc1cn[nH]c1. The highest BCUT2D eigenvalue weighted by Crippen LogP contribution is 2.29. The van der Waals surface area contributed by atoms with E-state index < -0.39 is 0 Å². The lowest BCUT2D eigenvalue weighted by Gasteiger charge is -2.20. The van der Waals surface area contributed by atoms with Gasteiger partial charge in [-0.3, -0.25) is 5.10 Å². The lowest BCUT2D eigenvalue weighted by molar-refractivity contribution is 0.548. The summed E-state index contributed by atoms with van der Waals surface area (Å²) in [4.78, 5) is 0. The van der Waals surface area contributed by atoms with Gasteiger partial charge in [0.15, 0.2) is 0 Å². The van der Waals surface area contributed by atoms with Gasteiger partial charge in [0.05, 0.1) is 12.7 Å². The lowest BCUT2D eigenvalue weighted by atomic mass is 9.93. The standard InChI is InChI=1S/C12H16N4/c13-11-2-1-3-12-10(11)4-5-16(12)8-9-6-14-15-7-9/h4-7,11H,1-3,8,13H2,(H,14,15). The van der Waals surface area contributed by atoms with E-state index in [0.29, 0.717) is 0 Å². The van der Waals surface area contributed by atoms with Gasteiger partial charge in [0.25, 0.3) is 0 Å². The maximum Gasteiger partial charge on any atom is 0.0537 e. The number of nitrogens with one attached hydrogen (secondary N) is 1. The highest BCUT2D eigenvalue weighted by atomic mass is 15.1. The van der Waals surface area contributed by atoms with Crippen LogP contribution in [0.1, 0.15) is 35.7 Å². The molecule has 2 heterocycles. The molecule has 0 saturated carbocycles. The Balaban J connectivity index is 1.91. The molecule has 3 N–H and O–H groups in total. The molecule has 0 aromatic carbocycles. The fourth-order valence-corrected chi connectivity index (χ4v) is 2.50. The average Bonchev–Trinajstić information content (AvgIpc) is 2.90. The van der Waals surface area contributed by atoms with Gasteiger partial charge in [-0.25, -0.2) is 0 Å². The number of hydrogen-bond donors (Lipinski definition) is 2. The Bertz CT molecular complexity index is 469. The molecule has 1 aliphatic rings. The second-order valence-corrected chi connectivity index (χ2v) is 4.45. The van der Waals surface area contributed by atoms with E-state index in [1.165, 1.54) is 23.2 Å². The molecule has 0 radical (unpaired) electrons. The van der Waals surface area contributed by atoms with Crippen LogP contribution in [-0.2, 0) is 13.0 Å². The zero-order chi connectivity index (χ0) is 11.0. The smallest absolute Gasteiger partial charge is 0.0537 e. The van der Waals surface area contributed by atoms with E-state index >= 15 is 0 Å². The van der Waals surface area contributed by atoms with Gasteiger partial charge in [-0.05, 0) is 30.9 Å². The van der Waals surface area contributed by atoms with Gasteiger partial charge in [-0.1, -0.05) is 0 Å². The quantitative estimate of drug-likeness (QED) is 0.801. The van der Waals surface area contributed by atoms with Gasteiger partial charge < -0.3 is 10.3 Å². The summed E-state index contributed by atoms with van der Waals surface area (Å²) in [5.41, 5.74) is 10.0. The molecule has 2 aromatic heterocycles. The predicted molar refractivity (Wildman–Crippen MR) is 62.0 cm³/mol. The van der Waals surface area contributed by atoms with Crippen LogP contribution in [0.25, 0.3) is 0 Å². The molecule has 0 fully saturated rings. The summed E-state index contributed by atoms with van der Waals surface area (Å²) in [5.74, 6) is 0. The highest BCUT2D eigenvalue weighted by Gasteiger charge is 2.19. The van der Waals surface area contributed by atoms with Crippen LogP contribution in [0.5, 0.6) is 0 Å². The number of hydrogen-bond acceptors (Lipinski definition) is 2. The molecule has 84 valence electrons. The summed E-state index contributed by atoms with van der Waals surface area (Å²) in [5, 5.41) is 6.81. The molecule has 1 unspecified atom stereocenters. The fraction of sp³-hybridized carbons (Fsp3) is 0.417. The van der Waals surface area contributed by atoms with Crippen LogP contribution in [0.15, 0.2) is 24.7 Å². The summed E-state index contributed by atoms with van der Waals surface area (Å²) in [6.45, 7) is 0.887. The predicted octanol–water partition coefficient (Wildman–Crippen LogP) is 1.60. The summed E-state index contributed by atoms with van der Waals surface area (Å²) >= 11 is 0. The van der Waals surface area contributed by atoms with E-state index in [1.54, 1.807) is 0 Å². The molecule has 4 heteroatoms. The van der Waals surface area contributed by atoms with Crippen molar-refractivity contribution in [3.05, 3.63) is 41.5 Å². The van der Waals surface area contributed by atoms with Crippen molar-refractivity contribution in [1.82, 2.24) is 14.8 Å². The summed E-state index contributed by atoms with van der Waals surface area (Å²) in [6, 6.07) is 2.40. The Morgan fingerprint density at radius 3 is 3.31 bits per heavy atom. The second kappa shape index (κ2) is 3.79. The molecule has 4 nitrogen and oxygen atoms in total. The minimum absolute atomic E-state index is 0.231. The van der Waals surface area contributed by atoms with Crippen LogP contribution in [0.3, 0.4) is 0 Å². The Hall–Kier alpha value is -1.55. The molecule has 0 saturated heterocycles. The molecular formula is C12H16N4. The molecule has 16 heavy (non-hydrogen) atoms. The van der Waals surface area contributed by atoms with E-state index in [4.69, 9.17) is 5.73 Å². The molecular weight excluding hydrogens is 200 g/mol. The van der Waals surface area contributed by atoms with Crippen molar-refractivity contribution in [1.29, 1.82) is 0 Å². The molecule has 1 atom stereocenters. The van der Waals surface area contributed by atoms with Crippen LogP contribution in [0, 0.1) is 0 Å². The first-order valence-corrected chi connectivity index (χ1v) is 5.76. The number of fused-ring (bicyclic) bond motifs is 1. The Morgan fingerprint density at radius 2 is 2.50 bits per heavy atom. The highest BCUT2D eigenvalue weighted by molar-refractivity contribution is 5.29. The fourth-order valence-electron chi connectivity index (χ4n) is 2.50. The Kier molecular flexibility index (Phi) is 2.29. The first-order chi connectivity index (χ1) is 7.84. The van der Waals surface area contributed by atoms with Gasteiger partial charge in [-0.2, -0.15) is 5.10 Å². The van der Waals surface area contributed by atoms with Crippen molar-refractivity contribution < 1.29 is 0 Å². The van der Waals surface area contributed by atoms with E-state index in [-0.39, 0.29) is 6.04 Å². The number of nitrogens with zero attached hydrogens (tertiary/aromatic N) is 2. The third kappa shape index (κ3) is 1.55. The van der Waals surface area contributed by atoms with Gasteiger partial charge in [0, 0.05) is 29.7 Å². The van der Waals surface area contributed by atoms with E-state index in [0.717, 1.165) is 19.4 Å². The van der Waals surface area contributed by atoms with E-state index in [9.17, 15) is 0 Å². The lowest BCUT2D eigenvalue weighted by Crippen LogP contribution is -2.18. The third-order valence-electron chi connectivity index (χ3n) is 3.35. The van der Waals surface area contributed by atoms with Crippen LogP contribution in [-0.4, -0.2) is 14.8 Å².